The fraction of sp³-hybridized carbons (Fsp3) is 0.467. The molecule has 1 aliphatic rings. The van der Waals surface area contributed by atoms with Crippen molar-refractivity contribution in [3.8, 4) is 0 Å². The second-order valence-electron chi connectivity index (χ2n) is 5.05. The van der Waals surface area contributed by atoms with Crippen molar-refractivity contribution in [2.75, 3.05) is 5.75 Å². The van der Waals surface area contributed by atoms with Gasteiger partial charge in [0.1, 0.15) is 5.54 Å². The standard InChI is InChI=1S/C15H19NO3S/c17-13(8-11-20-12-6-2-1-3-7-12)16-15(14(18)19)9-4-5-10-15/h1-3,6-7H,4-5,8-11H2,(H,16,17)(H,18,19). The summed E-state index contributed by atoms with van der Waals surface area (Å²) in [5.41, 5.74) is -1.02. The van der Waals surface area contributed by atoms with Crippen LogP contribution in [0.25, 0.3) is 0 Å². The highest BCUT2D eigenvalue weighted by Crippen LogP contribution is 2.30. The molecule has 5 heteroatoms. The van der Waals surface area contributed by atoms with E-state index in [0.29, 0.717) is 25.0 Å². The minimum atomic E-state index is -1.02. The molecule has 0 bridgehead atoms. The maximum absolute atomic E-state index is 11.9. The van der Waals surface area contributed by atoms with Crippen LogP contribution in [0.4, 0.5) is 0 Å². The molecule has 108 valence electrons. The van der Waals surface area contributed by atoms with Crippen LogP contribution < -0.4 is 5.32 Å². The lowest BCUT2D eigenvalue weighted by Crippen LogP contribution is -2.52. The van der Waals surface area contributed by atoms with Gasteiger partial charge in [0.15, 0.2) is 0 Å². The van der Waals surface area contributed by atoms with Gasteiger partial charge in [0.2, 0.25) is 5.91 Å². The summed E-state index contributed by atoms with van der Waals surface area (Å²) < 4.78 is 0. The third-order valence-corrected chi connectivity index (χ3v) is 4.60. The highest BCUT2D eigenvalue weighted by molar-refractivity contribution is 7.99. The number of hydrogen-bond acceptors (Lipinski definition) is 3. The van der Waals surface area contributed by atoms with Gasteiger partial charge in [-0.25, -0.2) is 4.79 Å². The molecule has 1 aliphatic carbocycles. The SMILES string of the molecule is O=C(CCSc1ccccc1)NC1(C(=O)O)CCCC1. The van der Waals surface area contributed by atoms with Crippen LogP contribution in [0.1, 0.15) is 32.1 Å². The van der Waals surface area contributed by atoms with E-state index in [1.54, 1.807) is 11.8 Å². The van der Waals surface area contributed by atoms with Crippen LogP contribution in [-0.4, -0.2) is 28.3 Å². The number of aliphatic carboxylic acids is 1. The van der Waals surface area contributed by atoms with Crippen molar-refractivity contribution in [2.45, 2.75) is 42.5 Å². The van der Waals surface area contributed by atoms with Crippen LogP contribution in [0, 0.1) is 0 Å². The van der Waals surface area contributed by atoms with Gasteiger partial charge in [0.05, 0.1) is 0 Å². The molecule has 0 saturated heterocycles. The molecule has 1 aromatic rings. The summed E-state index contributed by atoms with van der Waals surface area (Å²) >= 11 is 1.61. The summed E-state index contributed by atoms with van der Waals surface area (Å²) in [6.07, 6.45) is 3.16. The first kappa shape index (κ1) is 14.9. The highest BCUT2D eigenvalue weighted by atomic mass is 32.2. The maximum Gasteiger partial charge on any atom is 0.329 e. The lowest BCUT2D eigenvalue weighted by atomic mass is 9.98. The van der Waals surface area contributed by atoms with Crippen molar-refractivity contribution < 1.29 is 14.7 Å². The number of carboxylic acids is 1. The molecule has 1 amide bonds. The Morgan fingerprint density at radius 1 is 1.20 bits per heavy atom. The fourth-order valence-electron chi connectivity index (χ4n) is 2.48. The molecule has 2 rings (SSSR count). The minimum absolute atomic E-state index is 0.169. The van der Waals surface area contributed by atoms with Crippen molar-refractivity contribution in [3.63, 3.8) is 0 Å². The van der Waals surface area contributed by atoms with Gasteiger partial charge in [-0.05, 0) is 25.0 Å². The third kappa shape index (κ3) is 3.76. The molecule has 0 radical (unpaired) electrons. The fourth-order valence-corrected chi connectivity index (χ4v) is 3.35. The molecule has 0 heterocycles. The summed E-state index contributed by atoms with van der Waals surface area (Å²) in [5, 5.41) is 12.0. The van der Waals surface area contributed by atoms with Crippen LogP contribution in [0.3, 0.4) is 0 Å². The van der Waals surface area contributed by atoms with E-state index in [2.05, 4.69) is 5.32 Å². The second-order valence-corrected chi connectivity index (χ2v) is 6.22. The first-order valence-corrected chi connectivity index (χ1v) is 7.83. The van der Waals surface area contributed by atoms with Gasteiger partial charge in [0, 0.05) is 17.1 Å². The van der Waals surface area contributed by atoms with Crippen LogP contribution in [0.15, 0.2) is 35.2 Å². The van der Waals surface area contributed by atoms with Crippen molar-refractivity contribution in [2.24, 2.45) is 0 Å². The predicted molar refractivity (Wildman–Crippen MR) is 78.8 cm³/mol. The second kappa shape index (κ2) is 6.79. The number of benzene rings is 1. The zero-order valence-corrected chi connectivity index (χ0v) is 12.1. The average molecular weight is 293 g/mol. The summed E-state index contributed by atoms with van der Waals surface area (Å²) in [5.74, 6) is -0.414. The summed E-state index contributed by atoms with van der Waals surface area (Å²) in [6, 6.07) is 9.87. The zero-order valence-electron chi connectivity index (χ0n) is 11.3. The van der Waals surface area contributed by atoms with E-state index in [-0.39, 0.29) is 5.91 Å². The summed E-state index contributed by atoms with van der Waals surface area (Å²) in [6.45, 7) is 0. The van der Waals surface area contributed by atoms with E-state index in [9.17, 15) is 14.7 Å². The monoisotopic (exact) mass is 293 g/mol. The van der Waals surface area contributed by atoms with E-state index in [0.717, 1.165) is 17.7 Å². The van der Waals surface area contributed by atoms with Gasteiger partial charge in [-0.2, -0.15) is 0 Å². The Bertz CT molecular complexity index is 469. The van der Waals surface area contributed by atoms with E-state index in [1.165, 1.54) is 0 Å². The number of nitrogens with one attached hydrogen (secondary N) is 1. The van der Waals surface area contributed by atoms with Crippen molar-refractivity contribution in [1.29, 1.82) is 0 Å². The Labute approximate surface area is 123 Å². The Kier molecular flexibility index (Phi) is 5.06. The number of rotatable bonds is 6. The van der Waals surface area contributed by atoms with E-state index in [4.69, 9.17) is 0 Å². The third-order valence-electron chi connectivity index (χ3n) is 3.59. The Morgan fingerprint density at radius 3 is 2.45 bits per heavy atom. The van der Waals surface area contributed by atoms with E-state index >= 15 is 0 Å². The number of amides is 1. The van der Waals surface area contributed by atoms with Gasteiger partial charge in [-0.3, -0.25) is 4.79 Å². The predicted octanol–water partition coefficient (Wildman–Crippen LogP) is 2.68. The molecule has 1 saturated carbocycles. The minimum Gasteiger partial charge on any atom is -0.480 e. The molecule has 2 N–H and O–H groups in total. The number of carboxylic acid groups (broad SMARTS) is 1. The van der Waals surface area contributed by atoms with Gasteiger partial charge in [-0.15, -0.1) is 11.8 Å². The lowest BCUT2D eigenvalue weighted by molar-refractivity contribution is -0.147. The van der Waals surface area contributed by atoms with Crippen LogP contribution >= 0.6 is 11.8 Å². The Morgan fingerprint density at radius 2 is 1.85 bits per heavy atom. The number of thioether (sulfide) groups is 1. The summed E-state index contributed by atoms with van der Waals surface area (Å²) in [4.78, 5) is 24.4. The Hall–Kier alpha value is -1.49. The number of carbonyl (C=O) groups excluding carboxylic acids is 1. The lowest BCUT2D eigenvalue weighted by Gasteiger charge is -2.25. The van der Waals surface area contributed by atoms with Crippen LogP contribution in [-0.2, 0) is 9.59 Å². The van der Waals surface area contributed by atoms with Gasteiger partial charge < -0.3 is 10.4 Å². The molecule has 1 fully saturated rings. The topological polar surface area (TPSA) is 66.4 Å². The molecule has 0 unspecified atom stereocenters. The molecule has 1 aromatic carbocycles. The van der Waals surface area contributed by atoms with Crippen LogP contribution in [0.2, 0.25) is 0 Å². The van der Waals surface area contributed by atoms with E-state index in [1.807, 2.05) is 30.3 Å². The number of hydrogen-bond donors (Lipinski definition) is 2. The molecule has 20 heavy (non-hydrogen) atoms. The Balaban J connectivity index is 1.79. The molecule has 0 aromatic heterocycles. The normalized spacial score (nSPS) is 16.8. The van der Waals surface area contributed by atoms with Crippen molar-refractivity contribution >= 4 is 23.6 Å². The zero-order chi connectivity index (χ0) is 14.4. The smallest absolute Gasteiger partial charge is 0.329 e. The molecule has 0 spiro atoms. The highest BCUT2D eigenvalue weighted by Gasteiger charge is 2.42. The van der Waals surface area contributed by atoms with Crippen molar-refractivity contribution in [1.82, 2.24) is 5.32 Å². The van der Waals surface area contributed by atoms with Crippen molar-refractivity contribution in [3.05, 3.63) is 30.3 Å². The van der Waals surface area contributed by atoms with Gasteiger partial charge in [0.25, 0.3) is 0 Å². The average Bonchev–Trinajstić information content (AvgIpc) is 2.90. The van der Waals surface area contributed by atoms with Gasteiger partial charge >= 0.3 is 5.97 Å². The molecule has 4 nitrogen and oxygen atoms in total. The number of carbonyl (C=O) groups is 2. The molecule has 0 atom stereocenters. The first-order chi connectivity index (χ1) is 9.62. The summed E-state index contributed by atoms with van der Waals surface area (Å²) in [7, 11) is 0. The molecular weight excluding hydrogens is 274 g/mol. The molecular formula is C15H19NO3S. The maximum atomic E-state index is 11.9. The van der Waals surface area contributed by atoms with E-state index < -0.39 is 11.5 Å². The first-order valence-electron chi connectivity index (χ1n) is 6.85. The van der Waals surface area contributed by atoms with Gasteiger partial charge in [-0.1, -0.05) is 31.0 Å². The largest absolute Gasteiger partial charge is 0.480 e. The molecule has 0 aliphatic heterocycles. The quantitative estimate of drug-likeness (QED) is 0.791. The van der Waals surface area contributed by atoms with Crippen LogP contribution in [0.5, 0.6) is 0 Å².